The average molecular weight is 476 g/mol. The summed E-state index contributed by atoms with van der Waals surface area (Å²) in [5.74, 6) is 0.812. The molecule has 1 saturated heterocycles. The summed E-state index contributed by atoms with van der Waals surface area (Å²) in [5, 5.41) is 13.8. The highest BCUT2D eigenvalue weighted by Crippen LogP contribution is 2.33. The van der Waals surface area contributed by atoms with E-state index in [1.165, 1.54) is 11.8 Å². The smallest absolute Gasteiger partial charge is 0.233 e. The molecule has 1 aliphatic rings. The van der Waals surface area contributed by atoms with Crippen molar-refractivity contribution < 1.29 is 9.53 Å². The Kier molecular flexibility index (Phi) is 6.97. The van der Waals surface area contributed by atoms with Crippen molar-refractivity contribution in [3.05, 3.63) is 66.4 Å². The zero-order valence-corrected chi connectivity index (χ0v) is 20.1. The number of aromatic nitrogens is 4. The molecule has 1 fully saturated rings. The van der Waals surface area contributed by atoms with Crippen molar-refractivity contribution in [1.29, 1.82) is 0 Å². The maximum atomic E-state index is 13.0. The van der Waals surface area contributed by atoms with Crippen LogP contribution in [-0.4, -0.2) is 43.6 Å². The first-order valence-electron chi connectivity index (χ1n) is 11.8. The summed E-state index contributed by atoms with van der Waals surface area (Å²) in [7, 11) is 0. The predicted octanol–water partition coefficient (Wildman–Crippen LogP) is 4.79. The summed E-state index contributed by atoms with van der Waals surface area (Å²) in [5.41, 5.74) is 3.15. The van der Waals surface area contributed by atoms with Crippen LogP contribution in [0.5, 0.6) is 0 Å². The summed E-state index contributed by atoms with van der Waals surface area (Å²) < 4.78 is 8.06. The summed E-state index contributed by atoms with van der Waals surface area (Å²) in [6, 6.07) is 18.1. The van der Waals surface area contributed by atoms with Crippen LogP contribution in [0.3, 0.4) is 0 Å². The van der Waals surface area contributed by atoms with E-state index in [0.29, 0.717) is 19.5 Å². The van der Waals surface area contributed by atoms with Crippen molar-refractivity contribution in [2.75, 3.05) is 6.61 Å². The number of rotatable bonds is 9. The van der Waals surface area contributed by atoms with Crippen molar-refractivity contribution in [1.82, 2.24) is 25.1 Å². The molecule has 5 rings (SSSR count). The van der Waals surface area contributed by atoms with E-state index in [1.807, 2.05) is 55.6 Å². The van der Waals surface area contributed by atoms with E-state index < -0.39 is 0 Å². The topological polar surface area (TPSA) is 84.8 Å². The van der Waals surface area contributed by atoms with E-state index in [0.717, 1.165) is 52.5 Å². The maximum absolute atomic E-state index is 13.0. The van der Waals surface area contributed by atoms with Crippen molar-refractivity contribution in [2.45, 2.75) is 55.8 Å². The molecule has 0 aliphatic carbocycles. The van der Waals surface area contributed by atoms with Gasteiger partial charge in [0.2, 0.25) is 5.91 Å². The van der Waals surface area contributed by atoms with E-state index in [9.17, 15) is 4.79 Å². The normalized spacial score (nSPS) is 16.7. The number of ether oxygens (including phenoxy) is 1. The number of carbonyl (C=O) groups is 1. The number of thioether (sulfide) groups is 1. The maximum Gasteiger partial charge on any atom is 0.233 e. The Labute approximate surface area is 203 Å². The van der Waals surface area contributed by atoms with Crippen LogP contribution in [0.25, 0.3) is 22.3 Å². The molecule has 4 aromatic rings. The Bertz CT molecular complexity index is 1250. The molecule has 1 amide bonds. The van der Waals surface area contributed by atoms with Gasteiger partial charge in [0.1, 0.15) is 0 Å². The molecule has 0 spiro atoms. The number of amides is 1. The van der Waals surface area contributed by atoms with Crippen molar-refractivity contribution in [2.24, 2.45) is 0 Å². The van der Waals surface area contributed by atoms with Crippen molar-refractivity contribution in [3.63, 3.8) is 0 Å². The van der Waals surface area contributed by atoms with Gasteiger partial charge in [-0.1, -0.05) is 67.2 Å². The van der Waals surface area contributed by atoms with Gasteiger partial charge in [-0.3, -0.25) is 9.36 Å². The van der Waals surface area contributed by atoms with Crippen LogP contribution in [0.4, 0.5) is 0 Å². The molecular formula is C26H29N5O2S. The Hall–Kier alpha value is -3.10. The number of nitrogens with zero attached hydrogens (tertiary/aromatic N) is 3. The van der Waals surface area contributed by atoms with Gasteiger partial charge in [0.15, 0.2) is 11.0 Å². The molecule has 8 heteroatoms. The molecule has 1 aliphatic heterocycles. The van der Waals surface area contributed by atoms with E-state index in [4.69, 9.17) is 4.74 Å². The van der Waals surface area contributed by atoms with E-state index >= 15 is 0 Å². The monoisotopic (exact) mass is 475 g/mol. The summed E-state index contributed by atoms with van der Waals surface area (Å²) in [4.78, 5) is 16.3. The lowest BCUT2D eigenvalue weighted by Gasteiger charge is -2.17. The van der Waals surface area contributed by atoms with E-state index in [-0.39, 0.29) is 17.3 Å². The minimum Gasteiger partial charge on any atom is -0.376 e. The molecule has 0 radical (unpaired) electrons. The number of para-hydroxylation sites is 1. The summed E-state index contributed by atoms with van der Waals surface area (Å²) >= 11 is 1.48. The van der Waals surface area contributed by atoms with Crippen LogP contribution in [0.2, 0.25) is 0 Å². The lowest BCUT2D eigenvalue weighted by Crippen LogP contribution is -2.32. The zero-order valence-electron chi connectivity index (χ0n) is 19.2. The Balaban J connectivity index is 1.40. The first-order chi connectivity index (χ1) is 16.7. The third-order valence-electron chi connectivity index (χ3n) is 6.18. The quantitative estimate of drug-likeness (QED) is 0.340. The number of carbonyl (C=O) groups excluding carboxylic acids is 1. The fraction of sp³-hybridized carbons (Fsp3) is 0.346. The van der Waals surface area contributed by atoms with E-state index in [2.05, 4.69) is 37.2 Å². The van der Waals surface area contributed by atoms with Gasteiger partial charge in [-0.25, -0.2) is 0 Å². The molecule has 0 bridgehead atoms. The Morgan fingerprint density at radius 2 is 2.03 bits per heavy atom. The van der Waals surface area contributed by atoms with E-state index in [1.54, 1.807) is 0 Å². The van der Waals surface area contributed by atoms with Crippen LogP contribution in [0.15, 0.2) is 66.0 Å². The second kappa shape index (κ2) is 10.4. The molecule has 2 aromatic heterocycles. The highest BCUT2D eigenvalue weighted by molar-refractivity contribution is 8.00. The standard InChI is InChI=1S/C26H29N5O2S/c1-2-23(25(32)28-15-18-9-4-3-5-10-18)34-26-30-29-24(31(26)17-19-11-8-14-33-19)21-16-27-22-13-7-6-12-20(21)22/h3-7,9-10,12-13,16,19,23,27H,2,8,11,14-15,17H2,1H3,(H,28,32). The van der Waals surface area contributed by atoms with Crippen LogP contribution >= 0.6 is 11.8 Å². The molecular weight excluding hydrogens is 446 g/mol. The van der Waals surface area contributed by atoms with Crippen LogP contribution in [0.1, 0.15) is 31.7 Å². The lowest BCUT2D eigenvalue weighted by atomic mass is 10.1. The van der Waals surface area contributed by atoms with Gasteiger partial charge in [0, 0.05) is 35.8 Å². The second-order valence-electron chi connectivity index (χ2n) is 8.52. The number of hydrogen-bond donors (Lipinski definition) is 2. The Morgan fingerprint density at radius 1 is 1.21 bits per heavy atom. The van der Waals surface area contributed by atoms with Gasteiger partial charge in [0.25, 0.3) is 0 Å². The Morgan fingerprint density at radius 3 is 2.82 bits per heavy atom. The highest BCUT2D eigenvalue weighted by Gasteiger charge is 2.26. The molecule has 2 unspecified atom stereocenters. The largest absolute Gasteiger partial charge is 0.376 e. The predicted molar refractivity (Wildman–Crippen MR) is 135 cm³/mol. The molecule has 2 aromatic carbocycles. The molecule has 7 nitrogen and oxygen atoms in total. The minimum atomic E-state index is -0.257. The molecule has 34 heavy (non-hydrogen) atoms. The summed E-state index contributed by atoms with van der Waals surface area (Å²) in [6.45, 7) is 4.00. The first-order valence-corrected chi connectivity index (χ1v) is 12.7. The van der Waals surface area contributed by atoms with Crippen molar-refractivity contribution >= 4 is 28.6 Å². The third kappa shape index (κ3) is 4.88. The van der Waals surface area contributed by atoms with Gasteiger partial charge in [-0.2, -0.15) is 0 Å². The fourth-order valence-corrected chi connectivity index (χ4v) is 5.32. The van der Waals surface area contributed by atoms with Gasteiger partial charge in [-0.05, 0) is 30.9 Å². The number of nitrogens with one attached hydrogen (secondary N) is 2. The SMILES string of the molecule is CCC(Sc1nnc(-c2c[nH]c3ccccc23)n1CC1CCCO1)C(=O)NCc1ccccc1. The zero-order chi connectivity index (χ0) is 23.3. The molecule has 0 saturated carbocycles. The van der Waals surface area contributed by atoms with Gasteiger partial charge in [0.05, 0.1) is 17.9 Å². The van der Waals surface area contributed by atoms with Crippen LogP contribution in [-0.2, 0) is 22.6 Å². The van der Waals surface area contributed by atoms with Gasteiger partial charge < -0.3 is 15.0 Å². The second-order valence-corrected chi connectivity index (χ2v) is 9.69. The number of aromatic amines is 1. The first kappa shape index (κ1) is 22.7. The molecule has 2 atom stereocenters. The van der Waals surface area contributed by atoms with Crippen LogP contribution in [0, 0.1) is 0 Å². The summed E-state index contributed by atoms with van der Waals surface area (Å²) in [6.07, 6.45) is 4.90. The van der Waals surface area contributed by atoms with Crippen molar-refractivity contribution in [3.8, 4) is 11.4 Å². The minimum absolute atomic E-state index is 0.0108. The van der Waals surface area contributed by atoms with Gasteiger partial charge in [-0.15, -0.1) is 10.2 Å². The van der Waals surface area contributed by atoms with Crippen LogP contribution < -0.4 is 5.32 Å². The number of hydrogen-bond acceptors (Lipinski definition) is 5. The highest BCUT2D eigenvalue weighted by atomic mass is 32.2. The molecule has 2 N–H and O–H groups in total. The number of benzene rings is 2. The fourth-order valence-electron chi connectivity index (χ4n) is 4.34. The van der Waals surface area contributed by atoms with Gasteiger partial charge >= 0.3 is 0 Å². The third-order valence-corrected chi connectivity index (χ3v) is 7.52. The molecule has 3 heterocycles. The number of fused-ring (bicyclic) bond motifs is 1. The number of H-pyrrole nitrogens is 1. The molecule has 176 valence electrons. The average Bonchev–Trinajstić information content (AvgIpc) is 3.62. The lowest BCUT2D eigenvalue weighted by molar-refractivity contribution is -0.120.